The molecule has 1 radical (unpaired) electrons. The zero-order chi connectivity index (χ0) is 16.6. The Morgan fingerprint density at radius 2 is 0.545 bits per heavy atom. The molecule has 0 saturated heterocycles. The van der Waals surface area contributed by atoms with Gasteiger partial charge in [-0.2, -0.15) is 38.5 Å². The second-order valence-electron chi connectivity index (χ2n) is 4.01. The van der Waals surface area contributed by atoms with Crippen molar-refractivity contribution in [3.63, 3.8) is 0 Å². The molecule has 0 rings (SSSR count). The summed E-state index contributed by atoms with van der Waals surface area (Å²) in [5.41, 5.74) is 0. The molecule has 1 heteroatoms. The molecular formula is C21H33Cr. The minimum atomic E-state index is 0. The molecule has 123 valence electrons. The summed E-state index contributed by atoms with van der Waals surface area (Å²) in [5, 5.41) is 0. The molecule has 0 atom stereocenters. The third kappa shape index (κ3) is 50.9. The molecule has 0 spiro atoms. The van der Waals surface area contributed by atoms with Crippen LogP contribution in [0.4, 0.5) is 0 Å². The minimum absolute atomic E-state index is 0. The van der Waals surface area contributed by atoms with E-state index < -0.39 is 0 Å². The van der Waals surface area contributed by atoms with Crippen LogP contribution in [0.3, 0.4) is 0 Å². The molecule has 0 saturated carbocycles. The van der Waals surface area contributed by atoms with Crippen molar-refractivity contribution < 1.29 is 17.4 Å². The van der Waals surface area contributed by atoms with E-state index >= 15 is 0 Å². The first-order valence-corrected chi connectivity index (χ1v) is 7.35. The number of hydrogen-bond acceptors (Lipinski definition) is 0. The maximum Gasteiger partial charge on any atom is 3.00 e. The standard InChI is InChI=1S/3C7H11.Cr/c3*1-3-5-7-6-4-2;/h3*3-4,7H,1-2,5-6H2;/q3*-1;+3. The van der Waals surface area contributed by atoms with E-state index in [-0.39, 0.29) is 17.4 Å². The van der Waals surface area contributed by atoms with Crippen LogP contribution >= 0.6 is 0 Å². The average molecular weight is 337 g/mol. The third-order valence-corrected chi connectivity index (χ3v) is 2.00. The van der Waals surface area contributed by atoms with Crippen molar-refractivity contribution in [3.8, 4) is 0 Å². The topological polar surface area (TPSA) is 0 Å². The fourth-order valence-electron chi connectivity index (χ4n) is 0.996. The van der Waals surface area contributed by atoms with Gasteiger partial charge in [0, 0.05) is 0 Å². The molecule has 0 aliphatic rings. The van der Waals surface area contributed by atoms with Crippen LogP contribution in [0.2, 0.25) is 0 Å². The van der Waals surface area contributed by atoms with E-state index in [1.165, 1.54) is 0 Å². The molecule has 0 aliphatic heterocycles. The molecule has 0 N–H and O–H groups in total. The molecule has 0 aliphatic carbocycles. The third-order valence-electron chi connectivity index (χ3n) is 2.00. The Morgan fingerprint density at radius 3 is 0.636 bits per heavy atom. The van der Waals surface area contributed by atoms with Gasteiger partial charge in [-0.05, 0) is 0 Å². The van der Waals surface area contributed by atoms with Crippen molar-refractivity contribution in [2.45, 2.75) is 38.5 Å². The van der Waals surface area contributed by atoms with E-state index in [1.807, 2.05) is 36.5 Å². The van der Waals surface area contributed by atoms with Gasteiger partial charge in [0.25, 0.3) is 0 Å². The number of rotatable bonds is 12. The fourth-order valence-corrected chi connectivity index (χ4v) is 0.996. The molecule has 0 aromatic rings. The molecule has 0 aromatic heterocycles. The molecule has 0 bridgehead atoms. The fraction of sp³-hybridized carbons (Fsp3) is 0.286. The number of hydrogen-bond donors (Lipinski definition) is 0. The van der Waals surface area contributed by atoms with Crippen LogP contribution < -0.4 is 0 Å². The molecular weight excluding hydrogens is 304 g/mol. The first-order chi connectivity index (χ1) is 10.2. The number of unbranched alkanes of at least 4 members (excludes halogenated alkanes) is 6. The van der Waals surface area contributed by atoms with Crippen LogP contribution in [0.5, 0.6) is 0 Å². The van der Waals surface area contributed by atoms with Gasteiger partial charge < -0.3 is 19.3 Å². The molecule has 0 aromatic carbocycles. The number of allylic oxidation sites excluding steroid dienone is 6. The van der Waals surface area contributed by atoms with E-state index in [0.717, 1.165) is 38.5 Å². The van der Waals surface area contributed by atoms with Crippen LogP contribution in [-0.2, 0) is 17.4 Å². The Hall–Kier alpha value is -1.03. The Bertz CT molecular complexity index is 184. The smallest absolute Gasteiger partial charge is 0.321 e. The van der Waals surface area contributed by atoms with Crippen molar-refractivity contribution in [3.05, 3.63) is 95.2 Å². The minimum Gasteiger partial charge on any atom is -0.321 e. The first kappa shape index (κ1) is 29.0. The first-order valence-electron chi connectivity index (χ1n) is 7.35. The molecule has 0 heterocycles. The summed E-state index contributed by atoms with van der Waals surface area (Å²) in [4.78, 5) is 0. The van der Waals surface area contributed by atoms with Gasteiger partial charge in [-0.25, -0.2) is 0 Å². The van der Waals surface area contributed by atoms with Crippen LogP contribution in [0.15, 0.2) is 75.9 Å². The Balaban J connectivity index is -0.000000108. The second kappa shape index (κ2) is 36.8. The van der Waals surface area contributed by atoms with Gasteiger partial charge >= 0.3 is 17.4 Å². The van der Waals surface area contributed by atoms with E-state index in [9.17, 15) is 0 Å². The van der Waals surface area contributed by atoms with Crippen molar-refractivity contribution in [1.29, 1.82) is 0 Å². The van der Waals surface area contributed by atoms with Gasteiger partial charge in [0.05, 0.1) is 0 Å². The molecule has 0 fully saturated rings. The molecule has 0 amide bonds. The zero-order valence-corrected chi connectivity index (χ0v) is 15.4. The molecule has 0 nitrogen and oxygen atoms in total. The quantitative estimate of drug-likeness (QED) is 0.204. The summed E-state index contributed by atoms with van der Waals surface area (Å²) in [6, 6.07) is 0. The SMILES string of the molecule is C=CC[CH-]CC=C.C=CC[CH-]CC=C.C=CC[CH-]CC=C.[Cr+3]. The van der Waals surface area contributed by atoms with Crippen molar-refractivity contribution in [2.24, 2.45) is 0 Å². The van der Waals surface area contributed by atoms with Gasteiger partial charge in [0.1, 0.15) is 0 Å². The predicted octanol–water partition coefficient (Wildman–Crippen LogP) is 7.03. The van der Waals surface area contributed by atoms with Crippen molar-refractivity contribution >= 4 is 0 Å². The summed E-state index contributed by atoms with van der Waals surface area (Å²) in [6.45, 7) is 21.4. The van der Waals surface area contributed by atoms with Crippen LogP contribution in [-0.4, -0.2) is 0 Å². The second-order valence-corrected chi connectivity index (χ2v) is 4.01. The summed E-state index contributed by atoms with van der Waals surface area (Å²) in [5.74, 6) is 0. The average Bonchev–Trinajstić information content (AvgIpc) is 2.50. The monoisotopic (exact) mass is 337 g/mol. The van der Waals surface area contributed by atoms with Gasteiger partial charge in [-0.1, -0.05) is 0 Å². The molecule has 0 unspecified atom stereocenters. The maximum atomic E-state index is 3.57. The predicted molar refractivity (Wildman–Crippen MR) is 102 cm³/mol. The largest absolute Gasteiger partial charge is 3.00 e. The van der Waals surface area contributed by atoms with Gasteiger partial charge in [-0.15, -0.1) is 75.9 Å². The van der Waals surface area contributed by atoms with Crippen LogP contribution in [0.1, 0.15) is 38.5 Å². The van der Waals surface area contributed by atoms with Crippen LogP contribution in [0, 0.1) is 19.3 Å². The van der Waals surface area contributed by atoms with E-state index in [0.29, 0.717) is 0 Å². The van der Waals surface area contributed by atoms with Crippen molar-refractivity contribution in [1.82, 2.24) is 0 Å². The Kier molecular flexibility index (Phi) is 48.6. The summed E-state index contributed by atoms with van der Waals surface area (Å²) < 4.78 is 0. The van der Waals surface area contributed by atoms with E-state index in [1.54, 1.807) is 0 Å². The summed E-state index contributed by atoms with van der Waals surface area (Å²) >= 11 is 0. The van der Waals surface area contributed by atoms with Gasteiger partial charge in [0.15, 0.2) is 0 Å². The van der Waals surface area contributed by atoms with Gasteiger partial charge in [0.2, 0.25) is 0 Å². The molecule has 22 heavy (non-hydrogen) atoms. The summed E-state index contributed by atoms with van der Waals surface area (Å²) in [7, 11) is 0. The Labute approximate surface area is 151 Å². The normalized spacial score (nSPS) is 7.64. The Morgan fingerprint density at radius 1 is 0.409 bits per heavy atom. The van der Waals surface area contributed by atoms with E-state index in [4.69, 9.17) is 0 Å². The maximum absolute atomic E-state index is 3.57. The summed E-state index contributed by atoms with van der Waals surface area (Å²) in [6.07, 6.45) is 23.6. The van der Waals surface area contributed by atoms with Gasteiger partial charge in [-0.3, -0.25) is 0 Å². The van der Waals surface area contributed by atoms with E-state index in [2.05, 4.69) is 58.7 Å². The zero-order valence-electron chi connectivity index (χ0n) is 14.1. The van der Waals surface area contributed by atoms with Crippen molar-refractivity contribution in [2.75, 3.05) is 0 Å². The van der Waals surface area contributed by atoms with Crippen LogP contribution in [0.25, 0.3) is 0 Å².